The van der Waals surface area contributed by atoms with Crippen molar-refractivity contribution in [2.45, 2.75) is 83.3 Å². The zero-order valence-corrected chi connectivity index (χ0v) is 25.3. The fraction of sp³-hybridized carbons (Fsp3) is 0.394. The lowest BCUT2D eigenvalue weighted by atomic mass is 10.1. The molecule has 41 heavy (non-hydrogen) atoms. The van der Waals surface area contributed by atoms with Crippen LogP contribution >= 0.6 is 0 Å². The Labute approximate surface area is 244 Å². The molecule has 0 bridgehead atoms. The van der Waals surface area contributed by atoms with Gasteiger partial charge in [-0.15, -0.1) is 0 Å². The highest BCUT2D eigenvalue weighted by molar-refractivity contribution is 7.92. The van der Waals surface area contributed by atoms with Gasteiger partial charge in [0.1, 0.15) is 12.6 Å². The number of carbonyl (C=O) groups is 2. The van der Waals surface area contributed by atoms with Gasteiger partial charge in [-0.2, -0.15) is 0 Å². The lowest BCUT2D eigenvalue weighted by molar-refractivity contribution is -0.140. The molecule has 0 radical (unpaired) electrons. The molecular formula is C33H41N3O4S. The molecule has 0 heterocycles. The summed E-state index contributed by atoms with van der Waals surface area (Å²) in [5.74, 6) is -0.620. The van der Waals surface area contributed by atoms with E-state index in [0.29, 0.717) is 12.1 Å². The van der Waals surface area contributed by atoms with Crippen LogP contribution in [0.4, 0.5) is 5.69 Å². The number of hydrogen-bond acceptors (Lipinski definition) is 4. The number of nitrogens with zero attached hydrogens (tertiary/aromatic N) is 2. The van der Waals surface area contributed by atoms with Gasteiger partial charge in [-0.25, -0.2) is 8.42 Å². The van der Waals surface area contributed by atoms with Crippen molar-refractivity contribution >= 4 is 27.5 Å². The van der Waals surface area contributed by atoms with Crippen LogP contribution in [-0.2, 0) is 26.2 Å². The summed E-state index contributed by atoms with van der Waals surface area (Å²) in [7, 11) is -4.09. The van der Waals surface area contributed by atoms with Crippen LogP contribution in [0, 0.1) is 20.8 Å². The molecule has 1 aliphatic rings. The van der Waals surface area contributed by atoms with E-state index in [2.05, 4.69) is 5.32 Å². The Morgan fingerprint density at radius 1 is 0.902 bits per heavy atom. The number of anilines is 1. The summed E-state index contributed by atoms with van der Waals surface area (Å²) in [6, 6.07) is 20.9. The van der Waals surface area contributed by atoms with Crippen LogP contribution in [0.3, 0.4) is 0 Å². The number of hydrogen-bond donors (Lipinski definition) is 1. The normalized spacial score (nSPS) is 14.4. The van der Waals surface area contributed by atoms with Gasteiger partial charge >= 0.3 is 0 Å². The third-order valence-electron chi connectivity index (χ3n) is 7.77. The van der Waals surface area contributed by atoms with Crippen molar-refractivity contribution in [2.75, 3.05) is 10.8 Å². The van der Waals surface area contributed by atoms with Crippen LogP contribution < -0.4 is 9.62 Å². The molecular weight excluding hydrogens is 534 g/mol. The minimum atomic E-state index is -4.09. The molecule has 1 fully saturated rings. The number of sulfonamides is 1. The molecule has 8 heteroatoms. The zero-order valence-electron chi connectivity index (χ0n) is 24.5. The molecule has 1 unspecified atom stereocenters. The van der Waals surface area contributed by atoms with Crippen molar-refractivity contribution in [2.24, 2.45) is 0 Å². The monoisotopic (exact) mass is 575 g/mol. The molecule has 2 amide bonds. The van der Waals surface area contributed by atoms with Crippen molar-refractivity contribution in [3.05, 3.63) is 95.1 Å². The molecule has 1 saturated carbocycles. The van der Waals surface area contributed by atoms with Crippen molar-refractivity contribution in [1.29, 1.82) is 0 Å². The lowest BCUT2D eigenvalue weighted by Crippen LogP contribution is -2.53. The SMILES string of the molecule is CCC(C(=O)NC1CCCC1)N(Cc1cccc(C)c1)C(=O)CN(c1cc(C)ccc1C)S(=O)(=O)c1ccccc1. The summed E-state index contributed by atoms with van der Waals surface area (Å²) in [5.41, 5.74) is 3.99. The number of nitrogens with one attached hydrogen (secondary N) is 1. The molecule has 1 atom stereocenters. The number of carbonyl (C=O) groups excluding carboxylic acids is 2. The van der Waals surface area contributed by atoms with Gasteiger partial charge in [-0.3, -0.25) is 13.9 Å². The highest BCUT2D eigenvalue weighted by Gasteiger charge is 2.35. The molecule has 0 aliphatic heterocycles. The first-order valence-corrected chi connectivity index (χ1v) is 15.8. The van der Waals surface area contributed by atoms with Gasteiger partial charge < -0.3 is 10.2 Å². The fourth-order valence-electron chi connectivity index (χ4n) is 5.52. The van der Waals surface area contributed by atoms with Crippen molar-refractivity contribution in [1.82, 2.24) is 10.2 Å². The van der Waals surface area contributed by atoms with Crippen LogP contribution in [0.5, 0.6) is 0 Å². The van der Waals surface area contributed by atoms with Crippen LogP contribution in [0.15, 0.2) is 77.7 Å². The van der Waals surface area contributed by atoms with Crippen LogP contribution in [0.1, 0.15) is 61.3 Å². The predicted molar refractivity (Wildman–Crippen MR) is 163 cm³/mol. The second kappa shape index (κ2) is 13.3. The van der Waals surface area contributed by atoms with E-state index in [-0.39, 0.29) is 23.4 Å². The molecule has 4 rings (SSSR count). The lowest BCUT2D eigenvalue weighted by Gasteiger charge is -2.34. The van der Waals surface area contributed by atoms with E-state index < -0.39 is 28.5 Å². The summed E-state index contributed by atoms with van der Waals surface area (Å²) in [6.45, 7) is 7.36. The summed E-state index contributed by atoms with van der Waals surface area (Å²) in [5, 5.41) is 3.16. The number of amides is 2. The minimum absolute atomic E-state index is 0.102. The maximum Gasteiger partial charge on any atom is 0.264 e. The average Bonchev–Trinajstić information content (AvgIpc) is 3.46. The molecule has 0 spiro atoms. The van der Waals surface area contributed by atoms with E-state index in [1.807, 2.05) is 64.1 Å². The Morgan fingerprint density at radius 3 is 2.24 bits per heavy atom. The number of aryl methyl sites for hydroxylation is 3. The smallest absolute Gasteiger partial charge is 0.264 e. The molecule has 1 N–H and O–H groups in total. The van der Waals surface area contributed by atoms with Crippen LogP contribution in [0.25, 0.3) is 0 Å². The molecule has 7 nitrogen and oxygen atoms in total. The number of benzene rings is 3. The number of rotatable bonds is 11. The van der Waals surface area contributed by atoms with Gasteiger partial charge in [-0.1, -0.05) is 79.9 Å². The first kappa shape index (κ1) is 30.3. The Hall–Kier alpha value is -3.65. The van der Waals surface area contributed by atoms with Gasteiger partial charge in [0, 0.05) is 12.6 Å². The standard InChI is InChI=1S/C33H41N3O4S/c1-5-30(33(38)34-28-14-9-10-15-28)35(22-27-13-11-12-24(2)20-27)32(37)23-36(31-21-25(3)18-19-26(31)4)41(39,40)29-16-7-6-8-17-29/h6-8,11-13,16-21,28,30H,5,9-10,14-15,22-23H2,1-4H3,(H,34,38). The van der Waals surface area contributed by atoms with E-state index >= 15 is 0 Å². The van der Waals surface area contributed by atoms with Crippen LogP contribution in [0.2, 0.25) is 0 Å². The third-order valence-corrected chi connectivity index (χ3v) is 9.54. The molecule has 3 aromatic rings. The predicted octanol–water partition coefficient (Wildman–Crippen LogP) is 5.67. The topological polar surface area (TPSA) is 86.8 Å². The molecule has 1 aliphatic carbocycles. The summed E-state index contributed by atoms with van der Waals surface area (Å²) in [4.78, 5) is 29.5. The second-order valence-corrected chi connectivity index (χ2v) is 12.9. The van der Waals surface area contributed by atoms with E-state index in [9.17, 15) is 18.0 Å². The van der Waals surface area contributed by atoms with Crippen molar-refractivity contribution in [3.8, 4) is 0 Å². The molecule has 0 aromatic heterocycles. The highest BCUT2D eigenvalue weighted by Crippen LogP contribution is 2.29. The Balaban J connectivity index is 1.74. The Kier molecular flexibility index (Phi) is 9.86. The van der Waals surface area contributed by atoms with E-state index in [4.69, 9.17) is 0 Å². The van der Waals surface area contributed by atoms with Crippen LogP contribution in [-0.4, -0.2) is 43.8 Å². The van der Waals surface area contributed by atoms with E-state index in [0.717, 1.165) is 47.9 Å². The quantitative estimate of drug-likeness (QED) is 0.319. The van der Waals surface area contributed by atoms with Gasteiger partial charge in [0.25, 0.3) is 10.0 Å². The largest absolute Gasteiger partial charge is 0.352 e. The second-order valence-electron chi connectivity index (χ2n) is 11.0. The van der Waals surface area contributed by atoms with Gasteiger partial charge in [0.2, 0.25) is 11.8 Å². The summed E-state index contributed by atoms with van der Waals surface area (Å²) < 4.78 is 29.3. The maximum atomic E-state index is 14.3. The van der Waals surface area contributed by atoms with Gasteiger partial charge in [-0.05, 0) is 74.9 Å². The first-order valence-electron chi connectivity index (χ1n) is 14.4. The Bertz CT molecular complexity index is 1470. The van der Waals surface area contributed by atoms with Gasteiger partial charge in [0.15, 0.2) is 0 Å². The summed E-state index contributed by atoms with van der Waals surface area (Å²) in [6.07, 6.45) is 4.43. The highest BCUT2D eigenvalue weighted by atomic mass is 32.2. The first-order chi connectivity index (χ1) is 19.6. The fourth-order valence-corrected chi connectivity index (χ4v) is 7.01. The van der Waals surface area contributed by atoms with E-state index in [1.54, 1.807) is 29.2 Å². The van der Waals surface area contributed by atoms with Crippen molar-refractivity contribution < 1.29 is 18.0 Å². The zero-order chi connectivity index (χ0) is 29.6. The van der Waals surface area contributed by atoms with E-state index in [1.165, 1.54) is 16.4 Å². The van der Waals surface area contributed by atoms with Gasteiger partial charge in [0.05, 0.1) is 10.6 Å². The van der Waals surface area contributed by atoms with Crippen molar-refractivity contribution in [3.63, 3.8) is 0 Å². The average molecular weight is 576 g/mol. The third kappa shape index (κ3) is 7.36. The molecule has 0 saturated heterocycles. The molecule has 3 aromatic carbocycles. The molecule has 218 valence electrons. The Morgan fingerprint density at radius 2 is 1.59 bits per heavy atom. The maximum absolute atomic E-state index is 14.3. The minimum Gasteiger partial charge on any atom is -0.352 e. The summed E-state index contributed by atoms with van der Waals surface area (Å²) >= 11 is 0.